The Morgan fingerprint density at radius 2 is 1.92 bits per heavy atom. The molecule has 0 aliphatic rings. The fourth-order valence-corrected chi connectivity index (χ4v) is 2.70. The number of para-hydroxylation sites is 1. The normalized spacial score (nSPS) is 11.4. The number of halogens is 1. The van der Waals surface area contributed by atoms with Gasteiger partial charge in [-0.1, -0.05) is 34.1 Å². The molecule has 0 atom stereocenters. The molecule has 3 rings (SSSR count). The Morgan fingerprint density at radius 1 is 1.17 bits per heavy atom. The topological polar surface area (TPSA) is 107 Å². The summed E-state index contributed by atoms with van der Waals surface area (Å²) in [7, 11) is 0. The van der Waals surface area contributed by atoms with Crippen molar-refractivity contribution in [2.24, 2.45) is 10.2 Å². The van der Waals surface area contributed by atoms with E-state index in [-0.39, 0.29) is 22.9 Å². The number of azo groups is 1. The SMILES string of the molecule is O=C(N=Nc1c(O)n(CO)c2ccccc12)c1cc(Br)ccc1O. The van der Waals surface area contributed by atoms with Gasteiger partial charge in [0.05, 0.1) is 11.1 Å². The quantitative estimate of drug-likeness (QED) is 0.593. The number of nitrogens with zero attached hydrogens (tertiary/aromatic N) is 3. The van der Waals surface area contributed by atoms with Gasteiger partial charge in [-0.2, -0.15) is 0 Å². The fraction of sp³-hybridized carbons (Fsp3) is 0.0625. The average molecular weight is 390 g/mol. The number of phenols is 1. The van der Waals surface area contributed by atoms with Crippen molar-refractivity contribution in [3.63, 3.8) is 0 Å². The van der Waals surface area contributed by atoms with Crippen LogP contribution in [0.1, 0.15) is 10.4 Å². The van der Waals surface area contributed by atoms with Gasteiger partial charge in [0.1, 0.15) is 12.5 Å². The lowest BCUT2D eigenvalue weighted by Gasteiger charge is -2.00. The summed E-state index contributed by atoms with van der Waals surface area (Å²) in [6.45, 7) is -0.442. The molecule has 8 heteroatoms. The van der Waals surface area contributed by atoms with Crippen LogP contribution in [0.15, 0.2) is 57.2 Å². The Balaban J connectivity index is 2.03. The molecule has 3 N–H and O–H groups in total. The van der Waals surface area contributed by atoms with Crippen LogP contribution in [0.3, 0.4) is 0 Å². The number of phenolic OH excluding ortho intramolecular Hbond substituents is 1. The van der Waals surface area contributed by atoms with E-state index in [1.54, 1.807) is 30.3 Å². The number of aromatic hydroxyl groups is 2. The van der Waals surface area contributed by atoms with Crippen molar-refractivity contribution in [2.75, 3.05) is 0 Å². The van der Waals surface area contributed by atoms with Crippen LogP contribution in [0.5, 0.6) is 11.6 Å². The molecule has 0 saturated carbocycles. The summed E-state index contributed by atoms with van der Waals surface area (Å²) in [6.07, 6.45) is 0. The molecule has 0 spiro atoms. The van der Waals surface area contributed by atoms with Crippen LogP contribution < -0.4 is 0 Å². The molecule has 24 heavy (non-hydrogen) atoms. The maximum Gasteiger partial charge on any atom is 0.299 e. The number of hydrogen-bond donors (Lipinski definition) is 3. The number of fused-ring (bicyclic) bond motifs is 1. The van der Waals surface area contributed by atoms with E-state index in [0.29, 0.717) is 15.4 Å². The van der Waals surface area contributed by atoms with E-state index in [0.717, 1.165) is 0 Å². The average Bonchev–Trinajstić information content (AvgIpc) is 2.85. The Morgan fingerprint density at radius 3 is 2.67 bits per heavy atom. The van der Waals surface area contributed by atoms with Crippen LogP contribution in [0.25, 0.3) is 10.9 Å². The van der Waals surface area contributed by atoms with Crippen molar-refractivity contribution in [2.45, 2.75) is 6.73 Å². The monoisotopic (exact) mass is 389 g/mol. The van der Waals surface area contributed by atoms with Gasteiger partial charge in [-0.3, -0.25) is 9.36 Å². The smallest absolute Gasteiger partial charge is 0.299 e. The van der Waals surface area contributed by atoms with Crippen LogP contribution in [-0.2, 0) is 6.73 Å². The van der Waals surface area contributed by atoms with Crippen LogP contribution >= 0.6 is 15.9 Å². The Bertz CT molecular complexity index is 965. The molecule has 0 aliphatic carbocycles. The lowest BCUT2D eigenvalue weighted by Crippen LogP contribution is -1.95. The number of aliphatic hydroxyl groups is 1. The number of benzene rings is 2. The van der Waals surface area contributed by atoms with Crippen LogP contribution in [0.2, 0.25) is 0 Å². The molecule has 7 nitrogen and oxygen atoms in total. The molecular formula is C16H12BrN3O4. The Labute approximate surface area is 144 Å². The highest BCUT2D eigenvalue weighted by atomic mass is 79.9. The first kappa shape index (κ1) is 16.2. The third-order valence-electron chi connectivity index (χ3n) is 3.49. The maximum atomic E-state index is 12.1. The molecule has 0 bridgehead atoms. The molecule has 1 heterocycles. The molecular weight excluding hydrogens is 378 g/mol. The zero-order valence-corrected chi connectivity index (χ0v) is 13.8. The number of aromatic nitrogens is 1. The Kier molecular flexibility index (Phi) is 4.32. The molecule has 2 aromatic carbocycles. The van der Waals surface area contributed by atoms with Crippen molar-refractivity contribution >= 4 is 38.4 Å². The number of rotatable bonds is 3. The zero-order chi connectivity index (χ0) is 17.3. The van der Waals surface area contributed by atoms with Crippen LogP contribution in [-0.4, -0.2) is 25.8 Å². The summed E-state index contributed by atoms with van der Waals surface area (Å²) in [5.41, 5.74) is 0.616. The summed E-state index contributed by atoms with van der Waals surface area (Å²) in [5.74, 6) is -1.27. The third kappa shape index (κ3) is 2.77. The van der Waals surface area contributed by atoms with Gasteiger partial charge in [-0.15, -0.1) is 10.2 Å². The minimum absolute atomic E-state index is 0.0153. The number of carbonyl (C=O) groups is 1. The van der Waals surface area contributed by atoms with Gasteiger partial charge in [0.15, 0.2) is 5.69 Å². The molecule has 0 unspecified atom stereocenters. The standard InChI is InChI=1S/C16H12BrN3O4/c17-9-5-6-13(22)11(7-9)15(23)19-18-14-10-3-1-2-4-12(10)20(8-21)16(14)24/h1-7,21-22,24H,8H2. The molecule has 0 aliphatic heterocycles. The van der Waals surface area contributed by atoms with Crippen molar-refractivity contribution in [3.8, 4) is 11.6 Å². The van der Waals surface area contributed by atoms with E-state index in [1.165, 1.54) is 16.7 Å². The zero-order valence-electron chi connectivity index (χ0n) is 12.2. The molecule has 1 aromatic heterocycles. The summed E-state index contributed by atoms with van der Waals surface area (Å²) in [5, 5.41) is 37.2. The van der Waals surface area contributed by atoms with E-state index >= 15 is 0 Å². The number of aliphatic hydroxyl groups excluding tert-OH is 1. The largest absolute Gasteiger partial charge is 0.507 e. The lowest BCUT2D eigenvalue weighted by molar-refractivity contribution is 0.0992. The molecule has 3 aromatic rings. The van der Waals surface area contributed by atoms with Crippen molar-refractivity contribution < 1.29 is 20.1 Å². The van der Waals surface area contributed by atoms with E-state index in [2.05, 4.69) is 26.2 Å². The second kappa shape index (κ2) is 6.42. The van der Waals surface area contributed by atoms with Gasteiger partial charge in [-0.25, -0.2) is 0 Å². The predicted octanol–water partition coefficient (Wildman–Crippen LogP) is 3.69. The summed E-state index contributed by atoms with van der Waals surface area (Å²) in [6, 6.07) is 11.3. The van der Waals surface area contributed by atoms with Gasteiger partial charge in [0.25, 0.3) is 5.91 Å². The Hall–Kier alpha value is -2.71. The second-order valence-corrected chi connectivity index (χ2v) is 5.84. The molecule has 122 valence electrons. The van der Waals surface area contributed by atoms with Crippen LogP contribution in [0.4, 0.5) is 5.69 Å². The second-order valence-electron chi connectivity index (χ2n) is 4.93. The van der Waals surface area contributed by atoms with E-state index in [9.17, 15) is 20.1 Å². The molecule has 0 radical (unpaired) electrons. The minimum Gasteiger partial charge on any atom is -0.507 e. The number of hydrogen-bond acceptors (Lipinski definition) is 5. The summed E-state index contributed by atoms with van der Waals surface area (Å²) >= 11 is 3.21. The van der Waals surface area contributed by atoms with Gasteiger partial charge in [0.2, 0.25) is 5.88 Å². The first-order valence-corrected chi connectivity index (χ1v) is 7.68. The van der Waals surface area contributed by atoms with Crippen molar-refractivity contribution in [1.29, 1.82) is 0 Å². The van der Waals surface area contributed by atoms with Gasteiger partial charge in [-0.05, 0) is 24.3 Å². The highest BCUT2D eigenvalue weighted by Crippen LogP contribution is 2.38. The minimum atomic E-state index is -0.756. The predicted molar refractivity (Wildman–Crippen MR) is 90.5 cm³/mol. The van der Waals surface area contributed by atoms with Crippen molar-refractivity contribution in [3.05, 3.63) is 52.5 Å². The molecule has 0 fully saturated rings. The van der Waals surface area contributed by atoms with Gasteiger partial charge < -0.3 is 15.3 Å². The first-order chi connectivity index (χ1) is 11.5. The summed E-state index contributed by atoms with van der Waals surface area (Å²) < 4.78 is 1.85. The van der Waals surface area contributed by atoms with Gasteiger partial charge >= 0.3 is 0 Å². The molecule has 1 amide bonds. The fourth-order valence-electron chi connectivity index (χ4n) is 2.34. The highest BCUT2D eigenvalue weighted by Gasteiger charge is 2.17. The van der Waals surface area contributed by atoms with Crippen molar-refractivity contribution in [1.82, 2.24) is 4.57 Å². The highest BCUT2D eigenvalue weighted by molar-refractivity contribution is 9.10. The number of carbonyl (C=O) groups excluding carboxylic acids is 1. The van der Waals surface area contributed by atoms with E-state index in [1.807, 2.05) is 0 Å². The third-order valence-corrected chi connectivity index (χ3v) is 3.98. The first-order valence-electron chi connectivity index (χ1n) is 6.88. The lowest BCUT2D eigenvalue weighted by atomic mass is 10.2. The number of amides is 1. The summed E-state index contributed by atoms with van der Waals surface area (Å²) in [4.78, 5) is 12.1. The maximum absolute atomic E-state index is 12.1. The van der Waals surface area contributed by atoms with E-state index in [4.69, 9.17) is 0 Å². The molecule has 0 saturated heterocycles. The van der Waals surface area contributed by atoms with E-state index < -0.39 is 12.6 Å². The van der Waals surface area contributed by atoms with Crippen LogP contribution in [0, 0.1) is 0 Å². The van der Waals surface area contributed by atoms with Gasteiger partial charge in [0, 0.05) is 9.86 Å².